The van der Waals surface area contributed by atoms with Crippen molar-refractivity contribution < 1.29 is 4.52 Å². The Morgan fingerprint density at radius 2 is 2.00 bits per heavy atom. The highest BCUT2D eigenvalue weighted by Gasteiger charge is 2.25. The highest BCUT2D eigenvalue weighted by Crippen LogP contribution is 2.22. The number of rotatable bonds is 6. The van der Waals surface area contributed by atoms with Crippen LogP contribution in [0.25, 0.3) is 0 Å². The molecule has 1 aliphatic carbocycles. The van der Waals surface area contributed by atoms with Crippen molar-refractivity contribution in [2.45, 2.75) is 58.0 Å². The van der Waals surface area contributed by atoms with E-state index in [-0.39, 0.29) is 0 Å². The van der Waals surface area contributed by atoms with Crippen LogP contribution in [0.1, 0.15) is 57.2 Å². The zero-order valence-electron chi connectivity index (χ0n) is 12.6. The fraction of sp³-hybridized carbons (Fsp3) is 0.867. The molecule has 5 nitrogen and oxygen atoms in total. The highest BCUT2D eigenvalue weighted by molar-refractivity contribution is 4.92. The normalized spacial score (nSPS) is 21.8. The largest absolute Gasteiger partial charge is 0.338 e. The molecular weight excluding hydrogens is 252 g/mol. The third-order valence-electron chi connectivity index (χ3n) is 4.34. The molecule has 112 valence electrons. The van der Waals surface area contributed by atoms with Crippen molar-refractivity contribution in [2.24, 2.45) is 5.92 Å². The lowest BCUT2D eigenvalue weighted by Crippen LogP contribution is -2.37. The molecule has 0 atom stereocenters. The Hall–Kier alpha value is -0.940. The first-order valence-corrected chi connectivity index (χ1v) is 7.99. The van der Waals surface area contributed by atoms with Crippen LogP contribution in [0.3, 0.4) is 0 Å². The quantitative estimate of drug-likeness (QED) is 0.864. The van der Waals surface area contributed by atoms with Crippen molar-refractivity contribution in [3.8, 4) is 0 Å². The monoisotopic (exact) mass is 278 g/mol. The maximum Gasteiger partial charge on any atom is 0.240 e. The molecule has 0 bridgehead atoms. The minimum atomic E-state index is 0.340. The molecule has 3 rings (SSSR count). The summed E-state index contributed by atoms with van der Waals surface area (Å²) in [7, 11) is 0. The summed E-state index contributed by atoms with van der Waals surface area (Å²) in [5.74, 6) is 2.78. The summed E-state index contributed by atoms with van der Waals surface area (Å²) in [6.07, 6.45) is 5.33. The topological polar surface area (TPSA) is 54.2 Å². The molecule has 1 saturated carbocycles. The van der Waals surface area contributed by atoms with Crippen LogP contribution in [0, 0.1) is 5.92 Å². The van der Waals surface area contributed by atoms with Crippen molar-refractivity contribution in [1.82, 2.24) is 20.4 Å². The fourth-order valence-corrected chi connectivity index (χ4v) is 2.73. The van der Waals surface area contributed by atoms with E-state index >= 15 is 0 Å². The minimum Gasteiger partial charge on any atom is -0.338 e. The van der Waals surface area contributed by atoms with Gasteiger partial charge in [-0.2, -0.15) is 4.98 Å². The van der Waals surface area contributed by atoms with E-state index in [9.17, 15) is 0 Å². The van der Waals surface area contributed by atoms with Gasteiger partial charge in [0, 0.05) is 12.0 Å². The summed E-state index contributed by atoms with van der Waals surface area (Å²) in [5, 5.41) is 7.68. The number of likely N-dealkylation sites (tertiary alicyclic amines) is 1. The Labute approximate surface area is 121 Å². The lowest BCUT2D eigenvalue weighted by atomic mass is 9.97. The number of hydrogen-bond donors (Lipinski definition) is 1. The van der Waals surface area contributed by atoms with Gasteiger partial charge in [-0.15, -0.1) is 0 Å². The Balaban J connectivity index is 1.40. The van der Waals surface area contributed by atoms with Gasteiger partial charge in [-0.05, 0) is 51.2 Å². The first kappa shape index (κ1) is 14.0. The van der Waals surface area contributed by atoms with Crippen molar-refractivity contribution in [1.29, 1.82) is 0 Å². The average Bonchev–Trinajstić information content (AvgIpc) is 3.15. The van der Waals surface area contributed by atoms with E-state index in [4.69, 9.17) is 4.52 Å². The third-order valence-corrected chi connectivity index (χ3v) is 4.34. The molecule has 20 heavy (non-hydrogen) atoms. The summed E-state index contributed by atoms with van der Waals surface area (Å²) in [4.78, 5) is 6.89. The number of aromatic nitrogens is 2. The summed E-state index contributed by atoms with van der Waals surface area (Å²) in [6, 6.07) is 0.834. The van der Waals surface area contributed by atoms with Crippen LogP contribution >= 0.6 is 0 Å². The maximum absolute atomic E-state index is 5.33. The predicted molar refractivity (Wildman–Crippen MR) is 77.4 cm³/mol. The van der Waals surface area contributed by atoms with Crippen LogP contribution < -0.4 is 5.32 Å². The molecule has 0 amide bonds. The molecule has 1 saturated heterocycles. The van der Waals surface area contributed by atoms with Crippen molar-refractivity contribution in [3.63, 3.8) is 0 Å². The summed E-state index contributed by atoms with van der Waals surface area (Å²) >= 11 is 0. The number of piperidine rings is 1. The van der Waals surface area contributed by atoms with Gasteiger partial charge >= 0.3 is 0 Å². The molecule has 1 aromatic heterocycles. The van der Waals surface area contributed by atoms with E-state index in [1.165, 1.54) is 32.2 Å². The van der Waals surface area contributed by atoms with Gasteiger partial charge in [0.2, 0.25) is 5.89 Å². The smallest absolute Gasteiger partial charge is 0.240 e. The summed E-state index contributed by atoms with van der Waals surface area (Å²) < 4.78 is 5.33. The lowest BCUT2D eigenvalue weighted by molar-refractivity contribution is 0.157. The van der Waals surface area contributed by atoms with Crippen molar-refractivity contribution >= 4 is 0 Å². The van der Waals surface area contributed by atoms with Crippen molar-refractivity contribution in [2.75, 3.05) is 19.6 Å². The standard InChI is InChI=1S/C15H26N4O/c1-11(2)15-17-14(20-18-15)10-19-7-5-12(6-8-19)9-16-13-3-4-13/h11-13,16H,3-10H2,1-2H3. The first-order valence-electron chi connectivity index (χ1n) is 7.99. The van der Waals surface area contributed by atoms with E-state index < -0.39 is 0 Å². The van der Waals surface area contributed by atoms with Crippen LogP contribution in [0.2, 0.25) is 0 Å². The minimum absolute atomic E-state index is 0.340. The number of nitrogens with zero attached hydrogens (tertiary/aromatic N) is 3. The third kappa shape index (κ3) is 3.79. The zero-order chi connectivity index (χ0) is 13.9. The maximum atomic E-state index is 5.33. The molecule has 2 aliphatic rings. The second-order valence-corrected chi connectivity index (χ2v) is 6.60. The van der Waals surface area contributed by atoms with E-state index in [0.29, 0.717) is 5.92 Å². The molecule has 5 heteroatoms. The molecule has 1 aromatic rings. The molecule has 1 aliphatic heterocycles. The zero-order valence-corrected chi connectivity index (χ0v) is 12.6. The molecule has 2 heterocycles. The van der Waals surface area contributed by atoms with E-state index in [1.807, 2.05) is 0 Å². The molecular formula is C15H26N4O. The molecule has 0 aromatic carbocycles. The second kappa shape index (κ2) is 6.22. The average molecular weight is 278 g/mol. The second-order valence-electron chi connectivity index (χ2n) is 6.60. The first-order chi connectivity index (χ1) is 9.70. The Morgan fingerprint density at radius 1 is 1.25 bits per heavy atom. The molecule has 0 spiro atoms. The van der Waals surface area contributed by atoms with Crippen LogP contribution in [0.4, 0.5) is 0 Å². The number of nitrogens with one attached hydrogen (secondary N) is 1. The van der Waals surface area contributed by atoms with Gasteiger partial charge in [0.05, 0.1) is 6.54 Å². The predicted octanol–water partition coefficient (Wildman–Crippen LogP) is 2.16. The Kier molecular flexibility index (Phi) is 4.36. The van der Waals surface area contributed by atoms with Gasteiger partial charge in [0.1, 0.15) is 0 Å². The fourth-order valence-electron chi connectivity index (χ4n) is 2.73. The molecule has 2 fully saturated rings. The van der Waals surface area contributed by atoms with E-state index in [0.717, 1.165) is 43.3 Å². The lowest BCUT2D eigenvalue weighted by Gasteiger charge is -2.31. The van der Waals surface area contributed by atoms with E-state index in [2.05, 4.69) is 34.2 Å². The van der Waals surface area contributed by atoms with Gasteiger partial charge in [-0.25, -0.2) is 0 Å². The van der Waals surface area contributed by atoms with Gasteiger partial charge < -0.3 is 9.84 Å². The SMILES string of the molecule is CC(C)c1noc(CN2CCC(CNC3CC3)CC2)n1. The van der Waals surface area contributed by atoms with Crippen LogP contribution in [0.15, 0.2) is 4.52 Å². The highest BCUT2D eigenvalue weighted by atomic mass is 16.5. The van der Waals surface area contributed by atoms with Crippen LogP contribution in [0.5, 0.6) is 0 Å². The summed E-state index contributed by atoms with van der Waals surface area (Å²) in [5.41, 5.74) is 0. The molecule has 1 N–H and O–H groups in total. The number of hydrogen-bond acceptors (Lipinski definition) is 5. The molecule has 0 radical (unpaired) electrons. The van der Waals surface area contributed by atoms with Crippen LogP contribution in [-0.4, -0.2) is 40.7 Å². The van der Waals surface area contributed by atoms with Gasteiger partial charge in [0.25, 0.3) is 0 Å². The Bertz CT molecular complexity index is 419. The van der Waals surface area contributed by atoms with Crippen LogP contribution in [-0.2, 0) is 6.54 Å². The van der Waals surface area contributed by atoms with E-state index in [1.54, 1.807) is 0 Å². The van der Waals surface area contributed by atoms with Gasteiger partial charge in [-0.3, -0.25) is 4.90 Å². The Morgan fingerprint density at radius 3 is 2.60 bits per heavy atom. The van der Waals surface area contributed by atoms with Gasteiger partial charge in [-0.1, -0.05) is 19.0 Å². The van der Waals surface area contributed by atoms with Crippen molar-refractivity contribution in [3.05, 3.63) is 11.7 Å². The summed E-state index contributed by atoms with van der Waals surface area (Å²) in [6.45, 7) is 8.49. The van der Waals surface area contributed by atoms with Gasteiger partial charge in [0.15, 0.2) is 5.82 Å². The molecule has 0 unspecified atom stereocenters.